The fraction of sp³-hybridized carbons (Fsp3) is 0.600. The molecule has 0 spiro atoms. The summed E-state index contributed by atoms with van der Waals surface area (Å²) in [5.41, 5.74) is 0. The Morgan fingerprint density at radius 2 is 2.33 bits per heavy atom. The van der Waals surface area contributed by atoms with Crippen LogP contribution in [0.4, 0.5) is 11.6 Å². The number of aryl methyl sites for hydroxylation is 1. The molecule has 0 fully saturated rings. The van der Waals surface area contributed by atoms with Crippen molar-refractivity contribution in [3.05, 3.63) is 16.4 Å². The van der Waals surface area contributed by atoms with Crippen LogP contribution in [0, 0.1) is 10.1 Å². The lowest BCUT2D eigenvalue weighted by molar-refractivity contribution is -0.388. The zero-order valence-electron chi connectivity index (χ0n) is 10.6. The fourth-order valence-electron chi connectivity index (χ4n) is 1.39. The molecule has 2 N–H and O–H groups in total. The third kappa shape index (κ3) is 3.19. The molecule has 8 nitrogen and oxygen atoms in total. The lowest BCUT2D eigenvalue weighted by Crippen LogP contribution is -2.38. The standard InChI is InChI=1S/C10H17N5O3/c1-4-5-11-10(16)7(2)13-9-8(15(17)18)12-6-14(9)3/h6-7,13H,4-5H2,1-3H3,(H,11,16). The van der Waals surface area contributed by atoms with Gasteiger partial charge in [-0.25, -0.2) is 0 Å². The molecule has 0 bridgehead atoms. The van der Waals surface area contributed by atoms with Gasteiger partial charge in [0.2, 0.25) is 18.1 Å². The molecule has 1 heterocycles. The van der Waals surface area contributed by atoms with E-state index in [4.69, 9.17) is 0 Å². The SMILES string of the molecule is CCCNC(=O)C(C)Nc1c([N+](=O)[O-])ncn1C. The molecule has 1 atom stereocenters. The monoisotopic (exact) mass is 255 g/mol. The van der Waals surface area contributed by atoms with E-state index >= 15 is 0 Å². The van der Waals surface area contributed by atoms with Gasteiger partial charge in [-0.1, -0.05) is 6.92 Å². The molecule has 0 saturated heterocycles. The van der Waals surface area contributed by atoms with Crippen LogP contribution in [0.15, 0.2) is 6.33 Å². The number of rotatable bonds is 6. The molecule has 1 amide bonds. The molecule has 8 heteroatoms. The molecule has 1 unspecified atom stereocenters. The first-order valence-corrected chi connectivity index (χ1v) is 5.67. The predicted molar refractivity (Wildman–Crippen MR) is 66.2 cm³/mol. The normalized spacial score (nSPS) is 11.9. The maximum atomic E-state index is 11.6. The number of aromatic nitrogens is 2. The van der Waals surface area contributed by atoms with Gasteiger partial charge in [-0.05, 0) is 23.3 Å². The first kappa shape index (κ1) is 13.9. The Morgan fingerprint density at radius 1 is 1.67 bits per heavy atom. The maximum absolute atomic E-state index is 11.6. The molecular weight excluding hydrogens is 238 g/mol. The van der Waals surface area contributed by atoms with Gasteiger partial charge in [0.1, 0.15) is 6.04 Å². The molecule has 0 saturated carbocycles. The summed E-state index contributed by atoms with van der Waals surface area (Å²) in [7, 11) is 1.62. The second-order valence-corrected chi connectivity index (χ2v) is 3.94. The van der Waals surface area contributed by atoms with E-state index in [0.717, 1.165) is 6.42 Å². The van der Waals surface area contributed by atoms with Gasteiger partial charge in [0, 0.05) is 13.6 Å². The molecule has 0 radical (unpaired) electrons. The Labute approximate surface area is 105 Å². The lowest BCUT2D eigenvalue weighted by atomic mass is 10.3. The van der Waals surface area contributed by atoms with E-state index in [1.165, 1.54) is 10.9 Å². The summed E-state index contributed by atoms with van der Waals surface area (Å²) < 4.78 is 1.47. The summed E-state index contributed by atoms with van der Waals surface area (Å²) >= 11 is 0. The number of anilines is 1. The first-order chi connectivity index (χ1) is 8.47. The van der Waals surface area contributed by atoms with E-state index in [2.05, 4.69) is 15.6 Å². The molecule has 0 aliphatic heterocycles. The van der Waals surface area contributed by atoms with Crippen molar-refractivity contribution in [3.8, 4) is 0 Å². The van der Waals surface area contributed by atoms with Crippen molar-refractivity contribution < 1.29 is 9.72 Å². The molecule has 0 aliphatic rings. The van der Waals surface area contributed by atoms with Crippen LogP contribution in [0.2, 0.25) is 0 Å². The summed E-state index contributed by atoms with van der Waals surface area (Å²) in [4.78, 5) is 25.5. The van der Waals surface area contributed by atoms with Gasteiger partial charge < -0.3 is 20.7 Å². The van der Waals surface area contributed by atoms with Crippen molar-refractivity contribution >= 4 is 17.5 Å². The minimum atomic E-state index is -0.584. The molecule has 18 heavy (non-hydrogen) atoms. The summed E-state index contributed by atoms with van der Waals surface area (Å²) in [5, 5.41) is 16.3. The molecule has 1 aromatic heterocycles. The third-order valence-electron chi connectivity index (χ3n) is 2.39. The second-order valence-electron chi connectivity index (χ2n) is 3.94. The Kier molecular flexibility index (Phi) is 4.64. The molecule has 1 aromatic rings. The lowest BCUT2D eigenvalue weighted by Gasteiger charge is -2.14. The second kappa shape index (κ2) is 5.99. The van der Waals surface area contributed by atoms with Crippen LogP contribution in [-0.2, 0) is 11.8 Å². The van der Waals surface area contributed by atoms with Crippen LogP contribution in [0.3, 0.4) is 0 Å². The number of hydrogen-bond donors (Lipinski definition) is 2. The minimum absolute atomic E-state index is 0.202. The van der Waals surface area contributed by atoms with Crippen LogP contribution < -0.4 is 10.6 Å². The van der Waals surface area contributed by atoms with Crippen molar-refractivity contribution in [3.63, 3.8) is 0 Å². The maximum Gasteiger partial charge on any atom is 0.406 e. The van der Waals surface area contributed by atoms with Crippen molar-refractivity contribution in [1.82, 2.24) is 14.9 Å². The molecule has 1 rings (SSSR count). The number of amides is 1. The highest BCUT2D eigenvalue weighted by Crippen LogP contribution is 2.21. The zero-order chi connectivity index (χ0) is 13.7. The van der Waals surface area contributed by atoms with Gasteiger partial charge in [-0.3, -0.25) is 9.36 Å². The Balaban J connectivity index is 2.75. The van der Waals surface area contributed by atoms with Crippen molar-refractivity contribution in [2.24, 2.45) is 7.05 Å². The van der Waals surface area contributed by atoms with E-state index in [1.807, 2.05) is 6.92 Å². The number of nitrogens with zero attached hydrogens (tertiary/aromatic N) is 3. The van der Waals surface area contributed by atoms with E-state index in [9.17, 15) is 14.9 Å². The average Bonchev–Trinajstić information content (AvgIpc) is 2.68. The van der Waals surface area contributed by atoms with Crippen molar-refractivity contribution in [1.29, 1.82) is 0 Å². The van der Waals surface area contributed by atoms with E-state index in [0.29, 0.717) is 6.54 Å². The van der Waals surface area contributed by atoms with E-state index in [-0.39, 0.29) is 17.5 Å². The largest absolute Gasteiger partial charge is 0.406 e. The third-order valence-corrected chi connectivity index (χ3v) is 2.39. The fourth-order valence-corrected chi connectivity index (χ4v) is 1.39. The topological polar surface area (TPSA) is 102 Å². The number of nitro groups is 1. The number of carbonyl (C=O) groups is 1. The van der Waals surface area contributed by atoms with Gasteiger partial charge in [0.05, 0.1) is 0 Å². The van der Waals surface area contributed by atoms with E-state index < -0.39 is 11.0 Å². The quantitative estimate of drug-likeness (QED) is 0.574. The average molecular weight is 255 g/mol. The number of carbonyl (C=O) groups excluding carboxylic acids is 1. The minimum Gasteiger partial charge on any atom is -0.358 e. The van der Waals surface area contributed by atoms with Crippen LogP contribution >= 0.6 is 0 Å². The molecule has 0 aromatic carbocycles. The van der Waals surface area contributed by atoms with Crippen LogP contribution in [0.25, 0.3) is 0 Å². The van der Waals surface area contributed by atoms with Crippen LogP contribution in [0.1, 0.15) is 20.3 Å². The van der Waals surface area contributed by atoms with Crippen molar-refractivity contribution in [2.75, 3.05) is 11.9 Å². The van der Waals surface area contributed by atoms with Crippen molar-refractivity contribution in [2.45, 2.75) is 26.3 Å². The molecule has 0 aliphatic carbocycles. The zero-order valence-corrected chi connectivity index (χ0v) is 10.6. The number of hydrogen-bond acceptors (Lipinski definition) is 5. The highest BCUT2D eigenvalue weighted by molar-refractivity contribution is 5.84. The summed E-state index contributed by atoms with van der Waals surface area (Å²) in [6.45, 7) is 4.17. The highest BCUT2D eigenvalue weighted by Gasteiger charge is 2.23. The Hall–Kier alpha value is -2.12. The van der Waals surface area contributed by atoms with Gasteiger partial charge >= 0.3 is 5.82 Å². The van der Waals surface area contributed by atoms with Gasteiger partial charge in [0.15, 0.2) is 0 Å². The Morgan fingerprint density at radius 3 is 2.89 bits per heavy atom. The van der Waals surface area contributed by atoms with Gasteiger partial charge in [-0.15, -0.1) is 0 Å². The molecular formula is C10H17N5O3. The summed E-state index contributed by atoms with van der Waals surface area (Å²) in [6.07, 6.45) is 2.17. The van der Waals surface area contributed by atoms with Gasteiger partial charge in [-0.2, -0.15) is 0 Å². The summed E-state index contributed by atoms with van der Waals surface area (Å²) in [6, 6.07) is -0.564. The smallest absolute Gasteiger partial charge is 0.358 e. The van der Waals surface area contributed by atoms with Gasteiger partial charge in [0.25, 0.3) is 0 Å². The first-order valence-electron chi connectivity index (χ1n) is 5.67. The summed E-state index contributed by atoms with van der Waals surface area (Å²) in [5.74, 6) is -0.265. The number of nitrogens with one attached hydrogen (secondary N) is 2. The Bertz CT molecular complexity index is 443. The molecule has 100 valence electrons. The predicted octanol–water partition coefficient (Wildman–Crippen LogP) is 0.655. The number of imidazole rings is 1. The van der Waals surface area contributed by atoms with Crippen LogP contribution in [-0.4, -0.2) is 33.0 Å². The van der Waals surface area contributed by atoms with Crippen LogP contribution in [0.5, 0.6) is 0 Å². The van der Waals surface area contributed by atoms with E-state index in [1.54, 1.807) is 14.0 Å². The highest BCUT2D eigenvalue weighted by atomic mass is 16.6.